The van der Waals surface area contributed by atoms with Crippen molar-refractivity contribution >= 4 is 18.2 Å². The Balaban J connectivity index is 3.53. The van der Waals surface area contributed by atoms with Crippen molar-refractivity contribution in [2.75, 3.05) is 6.61 Å². The summed E-state index contributed by atoms with van der Waals surface area (Å²) >= 11 is 0. The molecule has 1 unspecified atom stereocenters. The highest BCUT2D eigenvalue weighted by atomic mass is 32.3. The van der Waals surface area contributed by atoms with Crippen molar-refractivity contribution in [3.05, 3.63) is 0 Å². The summed E-state index contributed by atoms with van der Waals surface area (Å²) in [6.07, 6.45) is 0. The third-order valence-electron chi connectivity index (χ3n) is 0.409. The van der Waals surface area contributed by atoms with E-state index in [9.17, 15) is 8.42 Å². The minimum absolute atomic E-state index is 0.418. The highest BCUT2D eigenvalue weighted by Gasteiger charge is 2.04. The molecule has 0 saturated heterocycles. The fourth-order valence-corrected chi connectivity index (χ4v) is 0.494. The maximum Gasteiger partial charge on any atom is 0.397 e. The third-order valence-corrected chi connectivity index (χ3v) is 0.843. The van der Waals surface area contributed by atoms with Gasteiger partial charge in [-0.1, -0.05) is 0 Å². The Labute approximate surface area is 54.5 Å². The first-order valence-corrected chi connectivity index (χ1v) is 3.41. The molecule has 2 radical (unpaired) electrons. The van der Waals surface area contributed by atoms with Crippen LogP contribution in [0.15, 0.2) is 0 Å². The van der Waals surface area contributed by atoms with Gasteiger partial charge in [-0.05, 0) is 5.94 Å². The lowest BCUT2D eigenvalue weighted by atomic mass is 10.00. The van der Waals surface area contributed by atoms with E-state index in [-0.39, 0.29) is 0 Å². The van der Waals surface area contributed by atoms with Crippen LogP contribution in [0.25, 0.3) is 0 Å². The molecular formula is C2H6BNO4S. The predicted octanol–water partition coefficient (Wildman–Crippen LogP) is -1.74. The second kappa shape index (κ2) is 3.16. The summed E-state index contributed by atoms with van der Waals surface area (Å²) in [5.41, 5.74) is 4.88. The van der Waals surface area contributed by atoms with Crippen molar-refractivity contribution < 1.29 is 17.2 Å². The maximum absolute atomic E-state index is 9.76. The van der Waals surface area contributed by atoms with Gasteiger partial charge in [0.05, 0.1) is 14.5 Å². The lowest BCUT2D eigenvalue weighted by Crippen LogP contribution is -2.27. The molecule has 0 rings (SSSR count). The van der Waals surface area contributed by atoms with Crippen LogP contribution in [0.2, 0.25) is 0 Å². The van der Waals surface area contributed by atoms with Crippen molar-refractivity contribution in [2.24, 2.45) is 5.73 Å². The van der Waals surface area contributed by atoms with Crippen molar-refractivity contribution in [1.82, 2.24) is 0 Å². The van der Waals surface area contributed by atoms with E-state index in [0.717, 1.165) is 0 Å². The summed E-state index contributed by atoms with van der Waals surface area (Å²) in [5, 5.41) is 0. The van der Waals surface area contributed by atoms with Gasteiger partial charge in [-0.15, -0.1) is 0 Å². The van der Waals surface area contributed by atoms with E-state index in [1.54, 1.807) is 0 Å². The van der Waals surface area contributed by atoms with E-state index in [1.807, 2.05) is 0 Å². The van der Waals surface area contributed by atoms with Gasteiger partial charge in [0.2, 0.25) is 0 Å². The Morgan fingerprint density at radius 2 is 2.22 bits per heavy atom. The second-order valence-electron chi connectivity index (χ2n) is 1.38. The van der Waals surface area contributed by atoms with E-state index in [4.69, 9.17) is 18.1 Å². The van der Waals surface area contributed by atoms with Gasteiger partial charge in [-0.2, -0.15) is 8.42 Å². The van der Waals surface area contributed by atoms with Gasteiger partial charge in [-0.3, -0.25) is 4.55 Å². The van der Waals surface area contributed by atoms with Crippen molar-refractivity contribution in [3.63, 3.8) is 0 Å². The number of nitrogens with two attached hydrogens (primary N) is 1. The van der Waals surface area contributed by atoms with Crippen LogP contribution in [0, 0.1) is 0 Å². The first kappa shape index (κ1) is 8.89. The predicted molar refractivity (Wildman–Crippen MR) is 31.2 cm³/mol. The minimum atomic E-state index is -4.38. The molecule has 0 aliphatic heterocycles. The summed E-state index contributed by atoms with van der Waals surface area (Å²) in [6.45, 7) is -0.418. The molecule has 0 aromatic rings. The van der Waals surface area contributed by atoms with Crippen LogP contribution < -0.4 is 5.73 Å². The van der Waals surface area contributed by atoms with Crippen molar-refractivity contribution in [2.45, 2.75) is 5.94 Å². The van der Waals surface area contributed by atoms with Crippen LogP contribution in [0.4, 0.5) is 0 Å². The smallest absolute Gasteiger partial charge is 0.334 e. The molecule has 0 aromatic heterocycles. The van der Waals surface area contributed by atoms with E-state index >= 15 is 0 Å². The average molecular weight is 151 g/mol. The lowest BCUT2D eigenvalue weighted by Gasteiger charge is -2.01. The Hall–Kier alpha value is -0.105. The molecule has 52 valence electrons. The van der Waals surface area contributed by atoms with Crippen molar-refractivity contribution in [3.8, 4) is 0 Å². The summed E-state index contributed by atoms with van der Waals surface area (Å²) in [4.78, 5) is 0. The van der Waals surface area contributed by atoms with Gasteiger partial charge in [0.1, 0.15) is 0 Å². The molecule has 0 saturated carbocycles. The molecule has 0 bridgehead atoms. The highest BCUT2D eigenvalue weighted by molar-refractivity contribution is 7.80. The van der Waals surface area contributed by atoms with Crippen LogP contribution in [-0.4, -0.2) is 33.4 Å². The van der Waals surface area contributed by atoms with Gasteiger partial charge >= 0.3 is 10.4 Å². The number of rotatable bonds is 3. The number of hydrogen-bond donors (Lipinski definition) is 2. The first-order chi connectivity index (χ1) is 3.92. The third kappa shape index (κ3) is 7.89. The van der Waals surface area contributed by atoms with Gasteiger partial charge in [0, 0.05) is 0 Å². The van der Waals surface area contributed by atoms with E-state index < -0.39 is 22.9 Å². The topological polar surface area (TPSA) is 89.6 Å². The summed E-state index contributed by atoms with van der Waals surface area (Å²) in [7, 11) is 0.498. The summed E-state index contributed by atoms with van der Waals surface area (Å²) in [5.74, 6) is -0.896. The Morgan fingerprint density at radius 3 is 2.33 bits per heavy atom. The van der Waals surface area contributed by atoms with Gasteiger partial charge in [-0.25, -0.2) is 4.18 Å². The first-order valence-electron chi connectivity index (χ1n) is 2.05. The Kier molecular flexibility index (Phi) is 3.13. The zero-order chi connectivity index (χ0) is 7.49. The largest absolute Gasteiger partial charge is 0.397 e. The van der Waals surface area contributed by atoms with Crippen molar-refractivity contribution in [1.29, 1.82) is 0 Å². The molecular weight excluding hydrogens is 145 g/mol. The molecule has 7 heteroatoms. The van der Waals surface area contributed by atoms with Gasteiger partial charge < -0.3 is 5.73 Å². The maximum atomic E-state index is 9.76. The normalized spacial score (nSPS) is 15.3. The Morgan fingerprint density at radius 1 is 1.78 bits per heavy atom. The van der Waals surface area contributed by atoms with E-state index in [1.165, 1.54) is 0 Å². The quantitative estimate of drug-likeness (QED) is 0.369. The molecule has 5 nitrogen and oxygen atoms in total. The van der Waals surface area contributed by atoms with Crippen LogP contribution in [-0.2, 0) is 14.6 Å². The summed E-state index contributed by atoms with van der Waals surface area (Å²) < 4.78 is 31.2. The molecule has 0 amide bonds. The number of hydrogen-bond acceptors (Lipinski definition) is 4. The molecule has 0 heterocycles. The summed E-state index contributed by atoms with van der Waals surface area (Å²) in [6, 6.07) is 0. The van der Waals surface area contributed by atoms with Crippen LogP contribution >= 0.6 is 0 Å². The molecule has 0 fully saturated rings. The van der Waals surface area contributed by atoms with E-state index in [0.29, 0.717) is 0 Å². The molecule has 0 aromatic carbocycles. The SMILES string of the molecule is [B]C(N)COS(=O)(=O)O. The molecule has 0 spiro atoms. The molecule has 1 atom stereocenters. The highest BCUT2D eigenvalue weighted by Crippen LogP contribution is 1.84. The standard InChI is InChI=1S/C2H6BNO4S/c3-2(4)1-8-9(5,6)7/h2H,1,4H2,(H,5,6,7). The van der Waals surface area contributed by atoms with Crippen LogP contribution in [0.5, 0.6) is 0 Å². The van der Waals surface area contributed by atoms with Crippen LogP contribution in [0.3, 0.4) is 0 Å². The lowest BCUT2D eigenvalue weighted by molar-refractivity contribution is 0.268. The van der Waals surface area contributed by atoms with E-state index in [2.05, 4.69) is 4.18 Å². The van der Waals surface area contributed by atoms with Crippen LogP contribution in [0.1, 0.15) is 0 Å². The Bertz CT molecular complexity index is 163. The molecule has 0 aliphatic carbocycles. The van der Waals surface area contributed by atoms with Gasteiger partial charge in [0.25, 0.3) is 0 Å². The average Bonchev–Trinajstić information content (AvgIpc) is 1.59. The molecule has 3 N–H and O–H groups in total. The second-order valence-corrected chi connectivity index (χ2v) is 2.47. The fourth-order valence-electron chi connectivity index (χ4n) is 0.165. The fraction of sp³-hybridized carbons (Fsp3) is 1.00. The molecule has 0 aliphatic rings. The van der Waals surface area contributed by atoms with Gasteiger partial charge in [0.15, 0.2) is 0 Å². The zero-order valence-electron chi connectivity index (χ0n) is 4.52. The zero-order valence-corrected chi connectivity index (χ0v) is 5.34. The minimum Gasteiger partial charge on any atom is -0.334 e. The monoisotopic (exact) mass is 151 g/mol. The molecule has 9 heavy (non-hydrogen) atoms.